The lowest BCUT2D eigenvalue weighted by molar-refractivity contribution is -0.116. The van der Waals surface area contributed by atoms with E-state index < -0.39 is 0 Å². The molecule has 4 nitrogen and oxygen atoms in total. The van der Waals surface area contributed by atoms with Gasteiger partial charge in [-0.2, -0.15) is 5.10 Å². The number of para-hydroxylation sites is 1. The van der Waals surface area contributed by atoms with Crippen LogP contribution in [0.3, 0.4) is 0 Å². The zero-order valence-corrected chi connectivity index (χ0v) is 11.6. The maximum Gasteiger partial charge on any atom is 0.224 e. The Morgan fingerprint density at radius 1 is 1.26 bits per heavy atom. The van der Waals surface area contributed by atoms with Gasteiger partial charge in [0.2, 0.25) is 5.91 Å². The van der Waals surface area contributed by atoms with Gasteiger partial charge < -0.3 is 5.32 Å². The second-order valence-corrected chi connectivity index (χ2v) is 4.78. The molecule has 2 aromatic rings. The van der Waals surface area contributed by atoms with Crippen LogP contribution in [0.15, 0.2) is 24.3 Å². The van der Waals surface area contributed by atoms with Gasteiger partial charge in [-0.15, -0.1) is 0 Å². The topological polar surface area (TPSA) is 57.8 Å². The van der Waals surface area contributed by atoms with Gasteiger partial charge in [0.25, 0.3) is 0 Å². The molecule has 4 heteroatoms. The first-order chi connectivity index (χ1) is 9.08. The molecule has 0 fully saturated rings. The summed E-state index contributed by atoms with van der Waals surface area (Å²) in [6.45, 7) is 5.92. The Bertz CT molecular complexity index is 567. The van der Waals surface area contributed by atoms with Crippen LogP contribution >= 0.6 is 0 Å². The van der Waals surface area contributed by atoms with E-state index >= 15 is 0 Å². The van der Waals surface area contributed by atoms with Crippen molar-refractivity contribution in [1.82, 2.24) is 10.2 Å². The predicted octanol–water partition coefficient (Wildman–Crippen LogP) is 2.91. The van der Waals surface area contributed by atoms with Gasteiger partial charge in [-0.05, 0) is 44.4 Å². The molecule has 1 heterocycles. The fraction of sp³-hybridized carbons (Fsp3) is 0.333. The first-order valence-electron chi connectivity index (χ1n) is 6.44. The van der Waals surface area contributed by atoms with Crippen LogP contribution in [0, 0.1) is 20.8 Å². The molecule has 0 saturated heterocycles. The van der Waals surface area contributed by atoms with Crippen molar-refractivity contribution in [2.45, 2.75) is 33.6 Å². The lowest BCUT2D eigenvalue weighted by atomic mass is 10.1. The van der Waals surface area contributed by atoms with Crippen LogP contribution < -0.4 is 5.32 Å². The van der Waals surface area contributed by atoms with E-state index in [2.05, 4.69) is 15.5 Å². The summed E-state index contributed by atoms with van der Waals surface area (Å²) < 4.78 is 0. The summed E-state index contributed by atoms with van der Waals surface area (Å²) in [5.41, 5.74) is 5.11. The SMILES string of the molecule is Cc1ccccc1NC(=O)CCc1c(C)n[nH]c1C. The van der Waals surface area contributed by atoms with E-state index in [4.69, 9.17) is 0 Å². The largest absolute Gasteiger partial charge is 0.326 e. The van der Waals surface area contributed by atoms with Crippen molar-refractivity contribution >= 4 is 11.6 Å². The number of carbonyl (C=O) groups excluding carboxylic acids is 1. The van der Waals surface area contributed by atoms with Crippen LogP contribution in [0.25, 0.3) is 0 Å². The number of nitrogens with zero attached hydrogens (tertiary/aromatic N) is 1. The third-order valence-electron chi connectivity index (χ3n) is 3.30. The van der Waals surface area contributed by atoms with Crippen LogP contribution in [-0.2, 0) is 11.2 Å². The molecule has 0 aliphatic carbocycles. The summed E-state index contributed by atoms with van der Waals surface area (Å²) in [5, 5.41) is 10.0. The zero-order valence-electron chi connectivity index (χ0n) is 11.6. The predicted molar refractivity (Wildman–Crippen MR) is 76.2 cm³/mol. The summed E-state index contributed by atoms with van der Waals surface area (Å²) in [4.78, 5) is 11.9. The van der Waals surface area contributed by atoms with Crippen LogP contribution in [0.5, 0.6) is 0 Å². The Morgan fingerprint density at radius 2 is 2.00 bits per heavy atom. The molecule has 0 aliphatic heterocycles. The second kappa shape index (κ2) is 5.69. The molecule has 2 N–H and O–H groups in total. The first-order valence-corrected chi connectivity index (χ1v) is 6.44. The molecule has 2 rings (SSSR count). The van der Waals surface area contributed by atoms with Crippen LogP contribution in [0.2, 0.25) is 0 Å². The number of aromatic nitrogens is 2. The average molecular weight is 257 g/mol. The smallest absolute Gasteiger partial charge is 0.224 e. The Morgan fingerprint density at radius 3 is 2.63 bits per heavy atom. The minimum absolute atomic E-state index is 0.0364. The number of hydrogen-bond acceptors (Lipinski definition) is 2. The molecule has 0 atom stereocenters. The molecule has 0 bridgehead atoms. The number of rotatable bonds is 4. The van der Waals surface area contributed by atoms with Gasteiger partial charge in [-0.1, -0.05) is 18.2 Å². The molecular formula is C15H19N3O. The van der Waals surface area contributed by atoms with Crippen LogP contribution in [-0.4, -0.2) is 16.1 Å². The number of amides is 1. The first kappa shape index (κ1) is 13.3. The number of anilines is 1. The monoisotopic (exact) mass is 257 g/mol. The molecule has 1 aromatic carbocycles. The van der Waals surface area contributed by atoms with E-state index in [0.29, 0.717) is 12.8 Å². The van der Waals surface area contributed by atoms with Crippen LogP contribution in [0.1, 0.15) is 28.9 Å². The lowest BCUT2D eigenvalue weighted by Crippen LogP contribution is -2.13. The van der Waals surface area contributed by atoms with Gasteiger partial charge in [0.05, 0.1) is 5.69 Å². The Labute approximate surface area is 113 Å². The van der Waals surface area contributed by atoms with Gasteiger partial charge in [-0.3, -0.25) is 9.89 Å². The minimum atomic E-state index is 0.0364. The van der Waals surface area contributed by atoms with Gasteiger partial charge in [0.1, 0.15) is 0 Å². The van der Waals surface area contributed by atoms with E-state index in [1.165, 1.54) is 0 Å². The normalized spacial score (nSPS) is 10.5. The van der Waals surface area contributed by atoms with Gasteiger partial charge >= 0.3 is 0 Å². The highest BCUT2D eigenvalue weighted by Crippen LogP contribution is 2.15. The van der Waals surface area contributed by atoms with Crippen molar-refractivity contribution in [3.05, 3.63) is 46.8 Å². The standard InChI is InChI=1S/C15H19N3O/c1-10-6-4-5-7-14(10)16-15(19)9-8-13-11(2)17-18-12(13)3/h4-7H,8-9H2,1-3H3,(H,16,19)(H,17,18). The van der Waals surface area contributed by atoms with Crippen molar-refractivity contribution in [2.24, 2.45) is 0 Å². The van der Waals surface area contributed by atoms with E-state index in [-0.39, 0.29) is 5.91 Å². The molecule has 0 saturated carbocycles. The maximum absolute atomic E-state index is 11.9. The van der Waals surface area contributed by atoms with Crippen molar-refractivity contribution in [3.63, 3.8) is 0 Å². The summed E-state index contributed by atoms with van der Waals surface area (Å²) in [6.07, 6.45) is 1.18. The molecule has 19 heavy (non-hydrogen) atoms. The molecule has 100 valence electrons. The summed E-state index contributed by atoms with van der Waals surface area (Å²) in [6, 6.07) is 7.79. The Kier molecular flexibility index (Phi) is 4.00. The molecule has 0 radical (unpaired) electrons. The zero-order chi connectivity index (χ0) is 13.8. The minimum Gasteiger partial charge on any atom is -0.326 e. The van der Waals surface area contributed by atoms with E-state index in [9.17, 15) is 4.79 Å². The molecule has 0 unspecified atom stereocenters. The number of aryl methyl sites for hydroxylation is 3. The third-order valence-corrected chi connectivity index (χ3v) is 3.30. The number of aromatic amines is 1. The molecule has 1 aromatic heterocycles. The van der Waals surface area contributed by atoms with Crippen LogP contribution in [0.4, 0.5) is 5.69 Å². The number of H-pyrrole nitrogens is 1. The van der Waals surface area contributed by atoms with E-state index in [0.717, 1.165) is 28.2 Å². The number of carbonyl (C=O) groups is 1. The maximum atomic E-state index is 11.9. The highest BCUT2D eigenvalue weighted by atomic mass is 16.1. The van der Waals surface area contributed by atoms with Crippen molar-refractivity contribution in [1.29, 1.82) is 0 Å². The average Bonchev–Trinajstić information content (AvgIpc) is 2.70. The fourth-order valence-electron chi connectivity index (χ4n) is 2.11. The van der Waals surface area contributed by atoms with Crippen molar-refractivity contribution in [3.8, 4) is 0 Å². The van der Waals surface area contributed by atoms with Crippen molar-refractivity contribution in [2.75, 3.05) is 5.32 Å². The van der Waals surface area contributed by atoms with Crippen molar-refractivity contribution < 1.29 is 4.79 Å². The Hall–Kier alpha value is -2.10. The molecule has 1 amide bonds. The summed E-state index contributed by atoms with van der Waals surface area (Å²) >= 11 is 0. The highest BCUT2D eigenvalue weighted by molar-refractivity contribution is 5.91. The Balaban J connectivity index is 1.94. The lowest BCUT2D eigenvalue weighted by Gasteiger charge is -2.08. The second-order valence-electron chi connectivity index (χ2n) is 4.78. The molecule has 0 aliphatic rings. The number of benzene rings is 1. The molecular weight excluding hydrogens is 238 g/mol. The molecule has 0 spiro atoms. The quantitative estimate of drug-likeness (QED) is 0.884. The van der Waals surface area contributed by atoms with E-state index in [1.807, 2.05) is 45.0 Å². The van der Waals surface area contributed by atoms with Gasteiger partial charge in [0.15, 0.2) is 0 Å². The number of nitrogens with one attached hydrogen (secondary N) is 2. The third kappa shape index (κ3) is 3.22. The summed E-state index contributed by atoms with van der Waals surface area (Å²) in [7, 11) is 0. The summed E-state index contributed by atoms with van der Waals surface area (Å²) in [5.74, 6) is 0.0364. The number of hydrogen-bond donors (Lipinski definition) is 2. The van der Waals surface area contributed by atoms with Gasteiger partial charge in [0, 0.05) is 17.8 Å². The highest BCUT2D eigenvalue weighted by Gasteiger charge is 2.09. The van der Waals surface area contributed by atoms with Gasteiger partial charge in [-0.25, -0.2) is 0 Å². The van der Waals surface area contributed by atoms with E-state index in [1.54, 1.807) is 0 Å². The fourth-order valence-corrected chi connectivity index (χ4v) is 2.11.